The van der Waals surface area contributed by atoms with Gasteiger partial charge in [0.25, 0.3) is 5.91 Å². The van der Waals surface area contributed by atoms with Crippen LogP contribution >= 0.6 is 0 Å². The summed E-state index contributed by atoms with van der Waals surface area (Å²) in [4.78, 5) is 27.9. The highest BCUT2D eigenvalue weighted by Crippen LogP contribution is 2.36. The zero-order chi connectivity index (χ0) is 33.7. The molecule has 3 aromatic carbocycles. The minimum Gasteiger partial charge on any atom is -0.476 e. The second-order valence-electron chi connectivity index (χ2n) is 13.5. The van der Waals surface area contributed by atoms with Gasteiger partial charge in [0, 0.05) is 17.9 Å². The number of para-hydroxylation sites is 1. The van der Waals surface area contributed by atoms with Crippen molar-refractivity contribution < 1.29 is 14.7 Å². The van der Waals surface area contributed by atoms with E-state index in [4.69, 9.17) is 0 Å². The number of aryl methyl sites for hydroxylation is 3. The van der Waals surface area contributed by atoms with Crippen LogP contribution in [0.2, 0.25) is 0 Å². The summed E-state index contributed by atoms with van der Waals surface area (Å²) in [6.07, 6.45) is 21.5. The first-order valence-electron chi connectivity index (χ1n) is 18.4. The summed E-state index contributed by atoms with van der Waals surface area (Å²) in [5.41, 5.74) is 7.79. The molecular formula is C42H53N3O3. The van der Waals surface area contributed by atoms with E-state index in [1.165, 1.54) is 110 Å². The Labute approximate surface area is 287 Å². The third kappa shape index (κ3) is 9.24. The molecule has 0 saturated heterocycles. The molecular weight excluding hydrogens is 594 g/mol. The number of unbranched alkanes of at least 4 members (excludes halogenated alkanes) is 10. The predicted octanol–water partition coefficient (Wildman–Crippen LogP) is 10.4. The number of nitrogens with zero attached hydrogens (tertiary/aromatic N) is 3. The van der Waals surface area contributed by atoms with Crippen molar-refractivity contribution in [3.05, 3.63) is 94.6 Å². The van der Waals surface area contributed by atoms with Gasteiger partial charge in [0.05, 0.1) is 11.3 Å². The number of hydrogen-bond acceptors (Lipinski definition) is 4. The van der Waals surface area contributed by atoms with Crippen LogP contribution in [0.25, 0.3) is 6.08 Å². The third-order valence-corrected chi connectivity index (χ3v) is 9.60. The van der Waals surface area contributed by atoms with Crippen LogP contribution in [0.15, 0.2) is 77.4 Å². The van der Waals surface area contributed by atoms with Crippen LogP contribution in [0.1, 0.15) is 120 Å². The molecule has 0 aromatic heterocycles. The first-order chi connectivity index (χ1) is 23.5. The summed E-state index contributed by atoms with van der Waals surface area (Å²) in [5, 5.41) is 15.2. The van der Waals surface area contributed by atoms with E-state index in [1.54, 1.807) is 30.3 Å². The zero-order valence-electron chi connectivity index (χ0n) is 29.1. The summed E-state index contributed by atoms with van der Waals surface area (Å²) < 4.78 is 0. The maximum Gasteiger partial charge on any atom is 0.357 e. The van der Waals surface area contributed by atoms with E-state index >= 15 is 0 Å². The number of amides is 1. The van der Waals surface area contributed by atoms with Crippen LogP contribution in [0, 0.1) is 0 Å². The molecule has 0 fully saturated rings. The number of aliphatic carboxylic acids is 1. The van der Waals surface area contributed by atoms with Gasteiger partial charge in [0.2, 0.25) is 0 Å². The fourth-order valence-electron chi connectivity index (χ4n) is 7.00. The van der Waals surface area contributed by atoms with Crippen LogP contribution in [0.3, 0.4) is 0 Å². The molecule has 6 heteroatoms. The molecule has 1 N–H and O–H groups in total. The fraction of sp³-hybridized carbons (Fsp3) is 0.452. The minimum absolute atomic E-state index is 0.0979. The summed E-state index contributed by atoms with van der Waals surface area (Å²) in [6.45, 7) is 5.51. The average Bonchev–Trinajstić information content (AvgIpc) is 3.43. The van der Waals surface area contributed by atoms with Crippen LogP contribution in [0.4, 0.5) is 17.1 Å². The Morgan fingerprint density at radius 3 is 2.02 bits per heavy atom. The molecule has 3 aromatic rings. The highest BCUT2D eigenvalue weighted by molar-refractivity contribution is 6.53. The Morgan fingerprint density at radius 2 is 1.40 bits per heavy atom. The molecule has 0 unspecified atom stereocenters. The van der Waals surface area contributed by atoms with Crippen molar-refractivity contribution in [2.24, 2.45) is 5.10 Å². The van der Waals surface area contributed by atoms with Crippen LogP contribution in [-0.4, -0.2) is 29.2 Å². The molecule has 0 radical (unpaired) electrons. The highest BCUT2D eigenvalue weighted by Gasteiger charge is 2.35. The number of hydrazone groups is 1. The molecule has 254 valence electrons. The molecule has 0 aliphatic carbocycles. The van der Waals surface area contributed by atoms with Crippen molar-refractivity contribution in [1.82, 2.24) is 0 Å². The number of rotatable bonds is 18. The van der Waals surface area contributed by atoms with Gasteiger partial charge in [-0.2, -0.15) is 10.1 Å². The van der Waals surface area contributed by atoms with Gasteiger partial charge >= 0.3 is 5.97 Å². The van der Waals surface area contributed by atoms with E-state index < -0.39 is 11.9 Å². The molecule has 0 bridgehead atoms. The molecule has 1 amide bonds. The zero-order valence-corrected chi connectivity index (χ0v) is 29.1. The van der Waals surface area contributed by atoms with Crippen LogP contribution in [0.5, 0.6) is 0 Å². The number of carboxylic acid groups (broad SMARTS) is 1. The summed E-state index contributed by atoms with van der Waals surface area (Å²) in [7, 11) is 0. The molecule has 0 spiro atoms. The molecule has 0 saturated carbocycles. The molecule has 5 rings (SSSR count). The summed E-state index contributed by atoms with van der Waals surface area (Å²) >= 11 is 0. The van der Waals surface area contributed by atoms with Gasteiger partial charge in [-0.05, 0) is 103 Å². The van der Waals surface area contributed by atoms with E-state index in [-0.39, 0.29) is 11.3 Å². The van der Waals surface area contributed by atoms with Crippen molar-refractivity contribution in [2.75, 3.05) is 16.5 Å². The second-order valence-corrected chi connectivity index (χ2v) is 13.5. The van der Waals surface area contributed by atoms with Crippen LogP contribution < -0.4 is 9.91 Å². The fourth-order valence-corrected chi connectivity index (χ4v) is 7.00. The van der Waals surface area contributed by atoms with Gasteiger partial charge in [-0.3, -0.25) is 4.79 Å². The van der Waals surface area contributed by atoms with Gasteiger partial charge in [-0.1, -0.05) is 108 Å². The number of carboxylic acids is 1. The number of hydrogen-bond donors (Lipinski definition) is 1. The molecule has 6 nitrogen and oxygen atoms in total. The number of carbonyl (C=O) groups excluding carboxylic acids is 1. The van der Waals surface area contributed by atoms with Crippen LogP contribution in [-0.2, 0) is 28.9 Å². The van der Waals surface area contributed by atoms with Gasteiger partial charge in [-0.25, -0.2) is 4.79 Å². The lowest BCUT2D eigenvalue weighted by Crippen LogP contribution is -2.25. The van der Waals surface area contributed by atoms with Gasteiger partial charge in [0.15, 0.2) is 5.71 Å². The Hall–Kier alpha value is -4.19. The normalized spacial score (nSPS) is 15.2. The SMILES string of the molecule is CCCCCCCCc1cc(CCCCCCCC)cc(N2CCCc3cc(/C=C4\C(=O)N(c5ccccc5)N=C4C(=O)O)ccc32)c1. The largest absolute Gasteiger partial charge is 0.476 e. The Bertz CT molecular complexity index is 1560. The van der Waals surface area contributed by atoms with E-state index in [9.17, 15) is 14.7 Å². The summed E-state index contributed by atoms with van der Waals surface area (Å²) in [6, 6.07) is 22.5. The van der Waals surface area contributed by atoms with Gasteiger partial charge in [0.1, 0.15) is 0 Å². The average molecular weight is 648 g/mol. The lowest BCUT2D eigenvalue weighted by atomic mass is 9.95. The first-order valence-corrected chi connectivity index (χ1v) is 18.4. The molecule has 2 aliphatic heterocycles. The maximum absolute atomic E-state index is 13.4. The summed E-state index contributed by atoms with van der Waals surface area (Å²) in [5.74, 6) is -1.65. The monoisotopic (exact) mass is 647 g/mol. The molecule has 0 atom stereocenters. The lowest BCUT2D eigenvalue weighted by molar-refractivity contribution is -0.129. The van der Waals surface area contributed by atoms with Crippen molar-refractivity contribution in [3.8, 4) is 0 Å². The topological polar surface area (TPSA) is 73.2 Å². The quantitative estimate of drug-likeness (QED) is 0.110. The van der Waals surface area contributed by atoms with Crippen molar-refractivity contribution in [2.45, 2.75) is 117 Å². The van der Waals surface area contributed by atoms with Crippen molar-refractivity contribution >= 4 is 40.7 Å². The standard InChI is InChI=1S/C42H53N3O3/c1-3-5-7-9-11-14-19-32-27-33(20-15-12-10-8-6-4-2)30-37(29-32)44-26-18-21-35-28-34(24-25-39(35)44)31-38-40(42(47)48)43-45(41(38)46)36-22-16-13-17-23-36/h13,16-17,22-25,27-31H,3-12,14-15,18-21,26H2,1-2H3,(H,47,48)/b38-31-. The number of fused-ring (bicyclic) bond motifs is 1. The molecule has 48 heavy (non-hydrogen) atoms. The van der Waals surface area contributed by atoms with Crippen molar-refractivity contribution in [3.63, 3.8) is 0 Å². The van der Waals surface area contributed by atoms with E-state index in [0.717, 1.165) is 37.8 Å². The Morgan fingerprint density at radius 1 is 0.771 bits per heavy atom. The number of carbonyl (C=O) groups is 2. The Kier molecular flexibility index (Phi) is 13.0. The molecule has 2 aliphatic rings. The smallest absolute Gasteiger partial charge is 0.357 e. The van der Waals surface area contributed by atoms with Gasteiger partial charge in [-0.15, -0.1) is 0 Å². The highest BCUT2D eigenvalue weighted by atomic mass is 16.4. The maximum atomic E-state index is 13.4. The predicted molar refractivity (Wildman–Crippen MR) is 199 cm³/mol. The minimum atomic E-state index is -1.21. The number of anilines is 3. The Balaban J connectivity index is 1.36. The van der Waals surface area contributed by atoms with Gasteiger partial charge < -0.3 is 10.0 Å². The second kappa shape index (κ2) is 17.8. The van der Waals surface area contributed by atoms with Crippen molar-refractivity contribution in [1.29, 1.82) is 0 Å². The lowest BCUT2D eigenvalue weighted by Gasteiger charge is -2.32. The third-order valence-electron chi connectivity index (χ3n) is 9.60. The van der Waals surface area contributed by atoms with E-state index in [0.29, 0.717) is 5.69 Å². The van der Waals surface area contributed by atoms with E-state index in [1.807, 2.05) is 12.1 Å². The number of benzene rings is 3. The van der Waals surface area contributed by atoms with E-state index in [2.05, 4.69) is 54.2 Å². The first kappa shape index (κ1) is 35.1. The molecule has 2 heterocycles.